The zero-order valence-corrected chi connectivity index (χ0v) is 19.0. The molecule has 2 saturated heterocycles. The van der Waals surface area contributed by atoms with E-state index in [-0.39, 0.29) is 17.9 Å². The Kier molecular flexibility index (Phi) is 7.02. The Hall–Kier alpha value is -2.96. The predicted octanol–water partition coefficient (Wildman–Crippen LogP) is 3.72. The van der Waals surface area contributed by atoms with Gasteiger partial charge in [-0.25, -0.2) is 9.97 Å². The molecule has 2 aromatic rings. The third-order valence-corrected chi connectivity index (χ3v) is 6.51. The first kappa shape index (κ1) is 22.2. The molecule has 1 aromatic carbocycles. The van der Waals surface area contributed by atoms with E-state index in [1.54, 1.807) is 13.3 Å². The van der Waals surface area contributed by atoms with Crippen LogP contribution in [-0.4, -0.2) is 58.3 Å². The van der Waals surface area contributed by atoms with Crippen molar-refractivity contribution in [2.24, 2.45) is 0 Å². The van der Waals surface area contributed by atoms with Crippen LogP contribution in [0.2, 0.25) is 0 Å². The summed E-state index contributed by atoms with van der Waals surface area (Å²) in [5.41, 5.74) is 2.22. The van der Waals surface area contributed by atoms with E-state index in [1.807, 2.05) is 41.0 Å². The third kappa shape index (κ3) is 4.92. The highest BCUT2D eigenvalue weighted by atomic mass is 16.5. The molecule has 7 nitrogen and oxygen atoms in total. The molecule has 0 aliphatic carbocycles. The Morgan fingerprint density at radius 1 is 1.03 bits per heavy atom. The minimum absolute atomic E-state index is 0.0184. The lowest BCUT2D eigenvalue weighted by molar-refractivity contribution is -0.134. The molecule has 32 heavy (non-hydrogen) atoms. The number of carbonyl (C=O) groups is 2. The fourth-order valence-corrected chi connectivity index (χ4v) is 4.64. The summed E-state index contributed by atoms with van der Waals surface area (Å²) in [5.74, 6) is 1.51. The standard InChI is InChI=1S/C25H32N4O3/c1-18-21(25(31)28-13-5-3-6-14-28)17-26-24(27-18)22-8-4-7-15-29(22)23(30)16-19-9-11-20(32-2)12-10-19/h9-12,17,22H,3-8,13-16H2,1-2H3. The van der Waals surface area contributed by atoms with E-state index in [0.29, 0.717) is 30.0 Å². The molecule has 0 spiro atoms. The summed E-state index contributed by atoms with van der Waals surface area (Å²) in [5, 5.41) is 0. The molecule has 4 rings (SSSR count). The number of aromatic nitrogens is 2. The monoisotopic (exact) mass is 436 g/mol. The van der Waals surface area contributed by atoms with Gasteiger partial charge in [0, 0.05) is 25.8 Å². The highest BCUT2D eigenvalue weighted by Crippen LogP contribution is 2.30. The molecule has 7 heteroatoms. The van der Waals surface area contributed by atoms with Crippen LogP contribution >= 0.6 is 0 Å². The maximum atomic E-state index is 13.2. The van der Waals surface area contributed by atoms with Gasteiger partial charge in [0.2, 0.25) is 5.91 Å². The first-order valence-corrected chi connectivity index (χ1v) is 11.6. The summed E-state index contributed by atoms with van der Waals surface area (Å²) in [6, 6.07) is 7.46. The molecule has 170 valence electrons. The number of rotatable bonds is 5. The summed E-state index contributed by atoms with van der Waals surface area (Å²) < 4.78 is 5.20. The van der Waals surface area contributed by atoms with Crippen molar-refractivity contribution in [1.82, 2.24) is 19.8 Å². The van der Waals surface area contributed by atoms with Crippen LogP contribution in [0.15, 0.2) is 30.5 Å². The largest absolute Gasteiger partial charge is 0.497 e. The number of nitrogens with zero attached hydrogens (tertiary/aromatic N) is 4. The zero-order valence-electron chi connectivity index (χ0n) is 19.0. The second kappa shape index (κ2) is 10.1. The lowest BCUT2D eigenvalue weighted by atomic mass is 9.99. The van der Waals surface area contributed by atoms with Crippen molar-refractivity contribution in [2.75, 3.05) is 26.7 Å². The number of hydrogen-bond donors (Lipinski definition) is 0. The van der Waals surface area contributed by atoms with Gasteiger partial charge in [0.25, 0.3) is 5.91 Å². The van der Waals surface area contributed by atoms with E-state index >= 15 is 0 Å². The van der Waals surface area contributed by atoms with Gasteiger partial charge in [0.05, 0.1) is 30.8 Å². The van der Waals surface area contributed by atoms with Crippen LogP contribution < -0.4 is 4.74 Å². The van der Waals surface area contributed by atoms with E-state index in [4.69, 9.17) is 9.72 Å². The maximum absolute atomic E-state index is 13.2. The van der Waals surface area contributed by atoms with E-state index < -0.39 is 0 Å². The Bertz CT molecular complexity index is 954. The Labute approximate surface area is 189 Å². The molecule has 1 atom stereocenters. The van der Waals surface area contributed by atoms with E-state index in [9.17, 15) is 9.59 Å². The molecule has 3 heterocycles. The molecule has 2 aliphatic heterocycles. The van der Waals surface area contributed by atoms with E-state index in [2.05, 4.69) is 4.98 Å². The summed E-state index contributed by atoms with van der Waals surface area (Å²) in [7, 11) is 1.63. The molecule has 1 aromatic heterocycles. The summed E-state index contributed by atoms with van der Waals surface area (Å²) in [6.45, 7) is 4.18. The van der Waals surface area contributed by atoms with Crippen LogP contribution in [0.25, 0.3) is 0 Å². The SMILES string of the molecule is COc1ccc(CC(=O)N2CCCCC2c2ncc(C(=O)N3CCCCC3)c(C)n2)cc1. The fraction of sp³-hybridized carbons (Fsp3) is 0.520. The zero-order chi connectivity index (χ0) is 22.5. The summed E-state index contributed by atoms with van der Waals surface area (Å²) in [4.78, 5) is 39.1. The average molecular weight is 437 g/mol. The highest BCUT2D eigenvalue weighted by Gasteiger charge is 2.31. The van der Waals surface area contributed by atoms with Gasteiger partial charge in [-0.15, -0.1) is 0 Å². The second-order valence-electron chi connectivity index (χ2n) is 8.70. The van der Waals surface area contributed by atoms with Gasteiger partial charge in [-0.1, -0.05) is 12.1 Å². The van der Waals surface area contributed by atoms with Gasteiger partial charge in [0.1, 0.15) is 5.75 Å². The second-order valence-corrected chi connectivity index (χ2v) is 8.70. The molecule has 0 radical (unpaired) electrons. The molecule has 2 amide bonds. The summed E-state index contributed by atoms with van der Waals surface area (Å²) >= 11 is 0. The molecule has 0 N–H and O–H groups in total. The van der Waals surface area contributed by atoms with Crippen molar-refractivity contribution in [3.8, 4) is 5.75 Å². The van der Waals surface area contributed by atoms with Crippen molar-refractivity contribution in [1.29, 1.82) is 0 Å². The first-order chi connectivity index (χ1) is 15.6. The Morgan fingerprint density at radius 2 is 1.75 bits per heavy atom. The minimum atomic E-state index is -0.146. The molecular weight excluding hydrogens is 404 g/mol. The van der Waals surface area contributed by atoms with Crippen LogP contribution in [0, 0.1) is 6.92 Å². The molecule has 1 unspecified atom stereocenters. The van der Waals surface area contributed by atoms with E-state index in [1.165, 1.54) is 6.42 Å². The van der Waals surface area contributed by atoms with Crippen molar-refractivity contribution in [3.63, 3.8) is 0 Å². The fourth-order valence-electron chi connectivity index (χ4n) is 4.64. The normalized spacial score (nSPS) is 19.0. The quantitative estimate of drug-likeness (QED) is 0.714. The predicted molar refractivity (Wildman–Crippen MR) is 122 cm³/mol. The van der Waals surface area contributed by atoms with Gasteiger partial charge in [-0.2, -0.15) is 0 Å². The number of piperidine rings is 2. The number of amides is 2. The van der Waals surface area contributed by atoms with Crippen molar-refractivity contribution < 1.29 is 14.3 Å². The lowest BCUT2D eigenvalue weighted by Gasteiger charge is -2.35. The first-order valence-electron chi connectivity index (χ1n) is 11.6. The van der Waals surface area contributed by atoms with E-state index in [0.717, 1.165) is 56.5 Å². The minimum Gasteiger partial charge on any atom is -0.497 e. The molecule has 2 aliphatic rings. The summed E-state index contributed by atoms with van der Waals surface area (Å²) in [6.07, 6.45) is 8.14. The maximum Gasteiger partial charge on any atom is 0.257 e. The molecule has 0 bridgehead atoms. The smallest absolute Gasteiger partial charge is 0.257 e. The van der Waals surface area contributed by atoms with Crippen LogP contribution in [0.4, 0.5) is 0 Å². The number of hydrogen-bond acceptors (Lipinski definition) is 5. The average Bonchev–Trinajstić information content (AvgIpc) is 2.84. The molecular formula is C25H32N4O3. The number of benzene rings is 1. The Balaban J connectivity index is 1.49. The van der Waals surface area contributed by atoms with Gasteiger partial charge in [-0.3, -0.25) is 9.59 Å². The van der Waals surface area contributed by atoms with Crippen LogP contribution in [-0.2, 0) is 11.2 Å². The van der Waals surface area contributed by atoms with Gasteiger partial charge in [0.15, 0.2) is 5.82 Å². The molecule has 2 fully saturated rings. The van der Waals surface area contributed by atoms with Gasteiger partial charge < -0.3 is 14.5 Å². The highest BCUT2D eigenvalue weighted by molar-refractivity contribution is 5.95. The Morgan fingerprint density at radius 3 is 2.44 bits per heavy atom. The van der Waals surface area contributed by atoms with Gasteiger partial charge in [-0.05, 0) is 63.1 Å². The van der Waals surface area contributed by atoms with Crippen LogP contribution in [0.3, 0.4) is 0 Å². The number of methoxy groups -OCH3 is 1. The van der Waals surface area contributed by atoms with Crippen molar-refractivity contribution in [3.05, 3.63) is 53.1 Å². The number of aryl methyl sites for hydroxylation is 1. The number of carbonyl (C=O) groups excluding carboxylic acids is 2. The van der Waals surface area contributed by atoms with Crippen molar-refractivity contribution in [2.45, 2.75) is 57.9 Å². The van der Waals surface area contributed by atoms with Crippen LogP contribution in [0.5, 0.6) is 5.75 Å². The number of likely N-dealkylation sites (tertiary alicyclic amines) is 2. The van der Waals surface area contributed by atoms with Crippen molar-refractivity contribution >= 4 is 11.8 Å². The third-order valence-electron chi connectivity index (χ3n) is 6.51. The molecule has 0 saturated carbocycles. The van der Waals surface area contributed by atoms with Gasteiger partial charge >= 0.3 is 0 Å². The number of ether oxygens (including phenoxy) is 1. The lowest BCUT2D eigenvalue weighted by Crippen LogP contribution is -2.40. The topological polar surface area (TPSA) is 75.6 Å². The van der Waals surface area contributed by atoms with Crippen LogP contribution in [0.1, 0.15) is 72.0 Å².